The molecule has 31 heavy (non-hydrogen) atoms. The summed E-state index contributed by atoms with van der Waals surface area (Å²) in [6.07, 6.45) is 0. The second-order valence-corrected chi connectivity index (χ2v) is 8.31. The summed E-state index contributed by atoms with van der Waals surface area (Å²) in [6, 6.07) is 25.4. The summed E-state index contributed by atoms with van der Waals surface area (Å²) >= 11 is 6.19. The molecule has 0 spiro atoms. The third-order valence-corrected chi connectivity index (χ3v) is 6.32. The zero-order valence-electron chi connectivity index (χ0n) is 17.7. The molecule has 1 fully saturated rings. The van der Waals surface area contributed by atoms with Gasteiger partial charge in [-0.05, 0) is 41.0 Å². The van der Waals surface area contributed by atoms with Gasteiger partial charge in [-0.2, -0.15) is 0 Å². The Morgan fingerprint density at radius 3 is 2.16 bits per heavy atom. The van der Waals surface area contributed by atoms with Gasteiger partial charge in [0.15, 0.2) is 0 Å². The van der Waals surface area contributed by atoms with Crippen molar-refractivity contribution in [2.45, 2.75) is 11.5 Å². The van der Waals surface area contributed by atoms with Crippen molar-refractivity contribution in [1.29, 1.82) is 0 Å². The molecule has 1 N–H and O–H groups in total. The first kappa shape index (κ1) is 21.8. The van der Waals surface area contributed by atoms with Crippen molar-refractivity contribution in [2.24, 2.45) is 0 Å². The van der Waals surface area contributed by atoms with Crippen LogP contribution in [-0.4, -0.2) is 50.0 Å². The highest BCUT2D eigenvalue weighted by molar-refractivity contribution is 6.30. The summed E-state index contributed by atoms with van der Waals surface area (Å²) in [6.45, 7) is 3.80. The smallest absolute Gasteiger partial charge is 0.123 e. The fraction of sp³-hybridized carbons (Fsp3) is 0.308. The minimum Gasteiger partial charge on any atom is -0.497 e. The number of methoxy groups -OCH3 is 1. The quantitative estimate of drug-likeness (QED) is 0.581. The van der Waals surface area contributed by atoms with Gasteiger partial charge in [0, 0.05) is 30.6 Å². The van der Waals surface area contributed by atoms with Crippen molar-refractivity contribution in [1.82, 2.24) is 4.90 Å². The minimum atomic E-state index is -1.24. The summed E-state index contributed by atoms with van der Waals surface area (Å²) in [7, 11) is 1.65. The van der Waals surface area contributed by atoms with E-state index in [2.05, 4.69) is 4.90 Å². The monoisotopic (exact) mass is 437 g/mol. The van der Waals surface area contributed by atoms with E-state index in [4.69, 9.17) is 21.1 Å². The summed E-state index contributed by atoms with van der Waals surface area (Å²) in [5, 5.41) is 13.2. The van der Waals surface area contributed by atoms with Crippen LogP contribution in [0.3, 0.4) is 0 Å². The maximum absolute atomic E-state index is 12.5. The van der Waals surface area contributed by atoms with Gasteiger partial charge in [-0.15, -0.1) is 0 Å². The summed E-state index contributed by atoms with van der Waals surface area (Å²) in [5.41, 5.74) is 1.48. The summed E-state index contributed by atoms with van der Waals surface area (Å²) < 4.78 is 10.9. The van der Waals surface area contributed by atoms with E-state index in [-0.39, 0.29) is 5.92 Å². The van der Waals surface area contributed by atoms with E-state index in [1.807, 2.05) is 78.9 Å². The molecule has 0 amide bonds. The Hall–Kier alpha value is -2.37. The molecule has 162 valence electrons. The molecule has 1 aliphatic rings. The Morgan fingerprint density at radius 1 is 0.935 bits per heavy atom. The number of rotatable bonds is 7. The average Bonchev–Trinajstić information content (AvgIpc) is 2.84. The van der Waals surface area contributed by atoms with Gasteiger partial charge in [-0.25, -0.2) is 0 Å². The molecule has 0 bridgehead atoms. The van der Waals surface area contributed by atoms with Crippen molar-refractivity contribution in [3.63, 3.8) is 0 Å². The van der Waals surface area contributed by atoms with Crippen molar-refractivity contribution in [2.75, 3.05) is 40.0 Å². The van der Waals surface area contributed by atoms with Crippen LogP contribution in [0, 0.1) is 0 Å². The highest BCUT2D eigenvalue weighted by Gasteiger charge is 2.42. The Labute approximate surface area is 189 Å². The largest absolute Gasteiger partial charge is 0.497 e. The molecule has 0 aromatic heterocycles. The highest BCUT2D eigenvalue weighted by atomic mass is 35.5. The van der Waals surface area contributed by atoms with Gasteiger partial charge in [0.2, 0.25) is 0 Å². The van der Waals surface area contributed by atoms with Gasteiger partial charge in [0.25, 0.3) is 0 Å². The normalized spacial score (nSPS) is 17.6. The lowest BCUT2D eigenvalue weighted by atomic mass is 9.72. The number of hydrogen-bond acceptors (Lipinski definition) is 4. The zero-order chi connectivity index (χ0) is 21.7. The molecule has 0 saturated carbocycles. The lowest BCUT2D eigenvalue weighted by Crippen LogP contribution is -2.45. The second kappa shape index (κ2) is 9.84. The molecule has 2 atom stereocenters. The van der Waals surface area contributed by atoms with Gasteiger partial charge in [-0.3, -0.25) is 4.90 Å². The first-order valence-corrected chi connectivity index (χ1v) is 11.0. The van der Waals surface area contributed by atoms with E-state index in [9.17, 15) is 5.11 Å². The van der Waals surface area contributed by atoms with Crippen LogP contribution in [0.25, 0.3) is 0 Å². The Balaban J connectivity index is 1.84. The number of aliphatic hydroxyl groups is 1. The molecule has 4 rings (SSSR count). The van der Waals surface area contributed by atoms with Crippen molar-refractivity contribution in [3.05, 3.63) is 101 Å². The molecule has 4 nitrogen and oxygen atoms in total. The van der Waals surface area contributed by atoms with Gasteiger partial charge in [0.1, 0.15) is 11.4 Å². The first-order chi connectivity index (χ1) is 15.1. The highest BCUT2D eigenvalue weighted by Crippen LogP contribution is 2.43. The number of hydrogen-bond donors (Lipinski definition) is 1. The number of ether oxygens (including phenoxy) is 2. The third-order valence-electron chi connectivity index (χ3n) is 6.07. The number of morpholine rings is 1. The van der Waals surface area contributed by atoms with E-state index < -0.39 is 5.60 Å². The van der Waals surface area contributed by atoms with Gasteiger partial charge < -0.3 is 14.6 Å². The van der Waals surface area contributed by atoms with Crippen LogP contribution in [0.1, 0.15) is 22.6 Å². The molecule has 0 unspecified atom stereocenters. The average molecular weight is 438 g/mol. The molecular formula is C26H28ClNO3. The van der Waals surface area contributed by atoms with Crippen molar-refractivity contribution >= 4 is 11.6 Å². The molecule has 3 aromatic rings. The maximum atomic E-state index is 12.5. The van der Waals surface area contributed by atoms with Crippen molar-refractivity contribution in [3.8, 4) is 5.75 Å². The van der Waals surface area contributed by atoms with Crippen molar-refractivity contribution < 1.29 is 14.6 Å². The number of nitrogens with zero attached hydrogens (tertiary/aromatic N) is 1. The lowest BCUT2D eigenvalue weighted by Gasteiger charge is -2.41. The predicted octanol–water partition coefficient (Wildman–Crippen LogP) is 4.70. The molecule has 1 saturated heterocycles. The number of halogens is 1. The molecule has 1 heterocycles. The molecular weight excluding hydrogens is 410 g/mol. The zero-order valence-corrected chi connectivity index (χ0v) is 18.5. The third kappa shape index (κ3) is 4.78. The summed E-state index contributed by atoms with van der Waals surface area (Å²) in [5.74, 6) is 0.550. The minimum absolute atomic E-state index is 0.210. The topological polar surface area (TPSA) is 41.9 Å². The van der Waals surface area contributed by atoms with Crippen LogP contribution in [0.5, 0.6) is 5.75 Å². The lowest BCUT2D eigenvalue weighted by molar-refractivity contribution is 0.000753. The molecule has 1 aliphatic heterocycles. The Bertz CT molecular complexity index is 956. The standard InChI is InChI=1S/C26H28ClNO3/c1-30-24-13-9-22(10-14-24)26(29,21-5-3-2-4-6-21)25(19-28-15-17-31-18-16-28)20-7-11-23(27)12-8-20/h2-14,25,29H,15-19H2,1H3/t25-,26-/m1/s1. The Morgan fingerprint density at radius 2 is 1.55 bits per heavy atom. The molecule has 0 aliphatic carbocycles. The van der Waals surface area contributed by atoms with Crippen LogP contribution in [0.15, 0.2) is 78.9 Å². The van der Waals surface area contributed by atoms with E-state index in [1.165, 1.54) is 0 Å². The number of benzene rings is 3. The van der Waals surface area contributed by atoms with E-state index >= 15 is 0 Å². The Kier molecular flexibility index (Phi) is 6.93. The molecule has 0 radical (unpaired) electrons. The second-order valence-electron chi connectivity index (χ2n) is 7.88. The van der Waals surface area contributed by atoms with Crippen LogP contribution >= 0.6 is 11.6 Å². The van der Waals surface area contributed by atoms with E-state index in [0.29, 0.717) is 24.8 Å². The summed E-state index contributed by atoms with van der Waals surface area (Å²) in [4.78, 5) is 2.36. The predicted molar refractivity (Wildman–Crippen MR) is 124 cm³/mol. The SMILES string of the molecule is COc1ccc([C@](O)(c2ccccc2)[C@H](CN2CCOCC2)c2ccc(Cl)cc2)cc1. The molecule has 3 aromatic carbocycles. The van der Waals surface area contributed by atoms with Crippen LogP contribution in [-0.2, 0) is 10.3 Å². The van der Waals surface area contributed by atoms with Crippen LogP contribution in [0.2, 0.25) is 5.02 Å². The fourth-order valence-corrected chi connectivity index (χ4v) is 4.45. The van der Waals surface area contributed by atoms with E-state index in [1.54, 1.807) is 7.11 Å². The fourth-order valence-electron chi connectivity index (χ4n) is 4.32. The van der Waals surface area contributed by atoms with E-state index in [0.717, 1.165) is 35.5 Å². The first-order valence-electron chi connectivity index (χ1n) is 10.6. The molecule has 5 heteroatoms. The van der Waals surface area contributed by atoms with Crippen LogP contribution in [0.4, 0.5) is 0 Å². The maximum Gasteiger partial charge on any atom is 0.123 e. The van der Waals surface area contributed by atoms with Gasteiger partial charge >= 0.3 is 0 Å². The van der Waals surface area contributed by atoms with Crippen LogP contribution < -0.4 is 4.74 Å². The van der Waals surface area contributed by atoms with Gasteiger partial charge in [0.05, 0.1) is 20.3 Å². The van der Waals surface area contributed by atoms with Gasteiger partial charge in [-0.1, -0.05) is 66.2 Å².